The summed E-state index contributed by atoms with van der Waals surface area (Å²) in [5, 5.41) is 9.80. The maximum atomic E-state index is 11.9. The first-order valence-electron chi connectivity index (χ1n) is 5.09. The Hall–Kier alpha value is -1.52. The van der Waals surface area contributed by atoms with E-state index in [0.29, 0.717) is 21.6 Å². The van der Waals surface area contributed by atoms with Crippen molar-refractivity contribution in [3.05, 3.63) is 44.2 Å². The molecule has 0 unspecified atom stereocenters. The summed E-state index contributed by atoms with van der Waals surface area (Å²) in [5.74, 6) is -1.00. The van der Waals surface area contributed by atoms with Crippen LogP contribution in [0.5, 0.6) is 0 Å². The van der Waals surface area contributed by atoms with Crippen LogP contribution in [0.4, 0.5) is 0 Å². The molecular formula is C12H9Cl2NO3. The molecule has 0 spiro atoms. The van der Waals surface area contributed by atoms with Crippen molar-refractivity contribution >= 4 is 40.1 Å². The summed E-state index contributed by atoms with van der Waals surface area (Å²) in [6, 6.07) is 4.37. The Labute approximate surface area is 112 Å². The van der Waals surface area contributed by atoms with Crippen LogP contribution >= 0.6 is 23.2 Å². The van der Waals surface area contributed by atoms with Crippen LogP contribution in [0.3, 0.4) is 0 Å². The Balaban J connectivity index is 2.85. The molecule has 6 heteroatoms. The van der Waals surface area contributed by atoms with Crippen molar-refractivity contribution in [2.75, 3.05) is 0 Å². The minimum Gasteiger partial charge on any atom is -0.481 e. The lowest BCUT2D eigenvalue weighted by Crippen LogP contribution is -2.15. The molecule has 0 saturated carbocycles. The molecule has 0 saturated heterocycles. The SMILES string of the molecule is Cn1c(CC(=O)O)cc(=O)c2c(Cl)cc(Cl)cc21. The molecule has 2 rings (SSSR count). The van der Waals surface area contributed by atoms with Crippen molar-refractivity contribution < 1.29 is 9.90 Å². The largest absolute Gasteiger partial charge is 0.481 e. The molecule has 0 fully saturated rings. The lowest BCUT2D eigenvalue weighted by Gasteiger charge is -2.12. The molecule has 0 radical (unpaired) electrons. The third kappa shape index (κ3) is 2.21. The molecule has 0 aliphatic rings. The summed E-state index contributed by atoms with van der Waals surface area (Å²) in [6.07, 6.45) is -0.230. The summed E-state index contributed by atoms with van der Waals surface area (Å²) in [7, 11) is 1.67. The predicted molar refractivity (Wildman–Crippen MR) is 70.5 cm³/mol. The van der Waals surface area contributed by atoms with E-state index in [2.05, 4.69) is 0 Å². The first kappa shape index (κ1) is 12.9. The number of carbonyl (C=O) groups is 1. The van der Waals surface area contributed by atoms with Crippen molar-refractivity contribution in [1.82, 2.24) is 4.57 Å². The third-order valence-corrected chi connectivity index (χ3v) is 3.22. The molecule has 1 N–H and O–H groups in total. The van der Waals surface area contributed by atoms with Gasteiger partial charge >= 0.3 is 5.97 Å². The van der Waals surface area contributed by atoms with Crippen LogP contribution in [0.25, 0.3) is 10.9 Å². The smallest absolute Gasteiger partial charge is 0.309 e. The van der Waals surface area contributed by atoms with Crippen molar-refractivity contribution in [2.24, 2.45) is 7.05 Å². The average Bonchev–Trinajstić information content (AvgIpc) is 2.23. The lowest BCUT2D eigenvalue weighted by atomic mass is 10.1. The molecule has 0 atom stereocenters. The lowest BCUT2D eigenvalue weighted by molar-refractivity contribution is -0.136. The van der Waals surface area contributed by atoms with E-state index >= 15 is 0 Å². The van der Waals surface area contributed by atoms with Crippen molar-refractivity contribution in [3.8, 4) is 0 Å². The number of aliphatic carboxylic acids is 1. The number of aromatic nitrogens is 1. The minimum atomic E-state index is -1.00. The molecular weight excluding hydrogens is 277 g/mol. The summed E-state index contributed by atoms with van der Waals surface area (Å²) in [6.45, 7) is 0. The monoisotopic (exact) mass is 285 g/mol. The van der Waals surface area contributed by atoms with Gasteiger partial charge in [0.05, 0.1) is 22.3 Å². The molecule has 0 bridgehead atoms. The van der Waals surface area contributed by atoms with Gasteiger partial charge in [0.15, 0.2) is 5.43 Å². The van der Waals surface area contributed by atoms with Crippen molar-refractivity contribution in [1.29, 1.82) is 0 Å². The first-order chi connectivity index (χ1) is 8.40. The summed E-state index contributed by atoms with van der Waals surface area (Å²) >= 11 is 11.9. The zero-order valence-corrected chi connectivity index (χ0v) is 10.9. The summed E-state index contributed by atoms with van der Waals surface area (Å²) in [5.41, 5.74) is 0.621. The van der Waals surface area contributed by atoms with Crippen LogP contribution in [0.1, 0.15) is 5.69 Å². The summed E-state index contributed by atoms with van der Waals surface area (Å²) < 4.78 is 1.61. The van der Waals surface area contributed by atoms with Crippen LogP contribution < -0.4 is 5.43 Å². The topological polar surface area (TPSA) is 59.3 Å². The number of carboxylic acids is 1. The first-order valence-corrected chi connectivity index (χ1v) is 5.85. The van der Waals surface area contributed by atoms with E-state index in [-0.39, 0.29) is 16.9 Å². The number of pyridine rings is 1. The number of hydrogen-bond donors (Lipinski definition) is 1. The van der Waals surface area contributed by atoms with E-state index in [4.69, 9.17) is 28.3 Å². The zero-order valence-electron chi connectivity index (χ0n) is 9.41. The second kappa shape index (κ2) is 4.63. The van der Waals surface area contributed by atoms with E-state index in [1.165, 1.54) is 12.1 Å². The number of rotatable bonds is 2. The number of halogens is 2. The molecule has 1 heterocycles. The highest BCUT2D eigenvalue weighted by molar-refractivity contribution is 6.38. The quantitative estimate of drug-likeness (QED) is 0.922. The van der Waals surface area contributed by atoms with Gasteiger partial charge in [0.25, 0.3) is 0 Å². The minimum absolute atomic E-state index is 0.230. The number of fused-ring (bicyclic) bond motifs is 1. The van der Waals surface area contributed by atoms with Gasteiger partial charge in [-0.05, 0) is 12.1 Å². The van der Waals surface area contributed by atoms with Gasteiger partial charge in [-0.15, -0.1) is 0 Å². The highest BCUT2D eigenvalue weighted by Crippen LogP contribution is 2.25. The Morgan fingerprint density at radius 2 is 2.00 bits per heavy atom. The van der Waals surface area contributed by atoms with Gasteiger partial charge in [-0.2, -0.15) is 0 Å². The highest BCUT2D eigenvalue weighted by atomic mass is 35.5. The van der Waals surface area contributed by atoms with E-state index in [1.54, 1.807) is 17.7 Å². The molecule has 2 aromatic rings. The van der Waals surface area contributed by atoms with E-state index < -0.39 is 5.97 Å². The van der Waals surface area contributed by atoms with Gasteiger partial charge in [-0.25, -0.2) is 0 Å². The van der Waals surface area contributed by atoms with Crippen LogP contribution in [-0.4, -0.2) is 15.6 Å². The Morgan fingerprint density at radius 3 is 2.61 bits per heavy atom. The fourth-order valence-corrected chi connectivity index (χ4v) is 2.44. The van der Waals surface area contributed by atoms with Gasteiger partial charge < -0.3 is 9.67 Å². The predicted octanol–water partition coefficient (Wildman–Crippen LogP) is 2.47. The van der Waals surface area contributed by atoms with Gasteiger partial charge in [-0.3, -0.25) is 9.59 Å². The molecule has 0 aliphatic heterocycles. The van der Waals surface area contributed by atoms with Gasteiger partial charge in [0, 0.05) is 23.8 Å². The standard InChI is InChI=1S/C12H9Cl2NO3/c1-15-7(5-11(17)18)4-10(16)12-8(14)2-6(13)3-9(12)15/h2-4H,5H2,1H3,(H,17,18). The molecule has 18 heavy (non-hydrogen) atoms. The number of nitrogens with zero attached hydrogens (tertiary/aromatic N) is 1. The molecule has 0 amide bonds. The normalized spacial score (nSPS) is 10.8. The number of benzene rings is 1. The summed E-state index contributed by atoms with van der Waals surface area (Å²) in [4.78, 5) is 22.7. The number of carboxylic acid groups (broad SMARTS) is 1. The molecule has 1 aromatic heterocycles. The van der Waals surface area contributed by atoms with E-state index in [0.717, 1.165) is 0 Å². The van der Waals surface area contributed by atoms with Crippen LogP contribution in [0.15, 0.2) is 23.0 Å². The Bertz CT molecular complexity index is 707. The molecule has 0 aliphatic carbocycles. The Kier molecular flexibility index (Phi) is 3.32. The van der Waals surface area contributed by atoms with E-state index in [9.17, 15) is 9.59 Å². The molecule has 1 aromatic carbocycles. The van der Waals surface area contributed by atoms with Crippen LogP contribution in [0.2, 0.25) is 10.0 Å². The number of hydrogen-bond acceptors (Lipinski definition) is 2. The Morgan fingerprint density at radius 1 is 1.33 bits per heavy atom. The van der Waals surface area contributed by atoms with Crippen molar-refractivity contribution in [2.45, 2.75) is 6.42 Å². The maximum absolute atomic E-state index is 11.9. The fraction of sp³-hybridized carbons (Fsp3) is 0.167. The van der Waals surface area contributed by atoms with E-state index in [1.807, 2.05) is 0 Å². The van der Waals surface area contributed by atoms with Gasteiger partial charge in [0.2, 0.25) is 0 Å². The zero-order chi connectivity index (χ0) is 13.4. The molecule has 4 nitrogen and oxygen atoms in total. The van der Waals surface area contributed by atoms with Crippen LogP contribution in [0, 0.1) is 0 Å². The van der Waals surface area contributed by atoms with Gasteiger partial charge in [-0.1, -0.05) is 23.2 Å². The van der Waals surface area contributed by atoms with Gasteiger partial charge in [0.1, 0.15) is 0 Å². The fourth-order valence-electron chi connectivity index (χ4n) is 1.87. The highest BCUT2D eigenvalue weighted by Gasteiger charge is 2.12. The second-order valence-corrected chi connectivity index (χ2v) is 4.75. The maximum Gasteiger partial charge on any atom is 0.309 e. The van der Waals surface area contributed by atoms with Crippen LogP contribution in [-0.2, 0) is 18.3 Å². The average molecular weight is 286 g/mol. The second-order valence-electron chi connectivity index (χ2n) is 3.91. The third-order valence-electron chi connectivity index (χ3n) is 2.70. The number of aryl methyl sites for hydroxylation is 1. The van der Waals surface area contributed by atoms with Crippen molar-refractivity contribution in [3.63, 3.8) is 0 Å². The molecule has 94 valence electrons.